The van der Waals surface area contributed by atoms with Crippen LogP contribution in [0.3, 0.4) is 0 Å². The molecule has 0 bridgehead atoms. The van der Waals surface area contributed by atoms with Gasteiger partial charge in [-0.15, -0.1) is 0 Å². The van der Waals surface area contributed by atoms with Crippen LogP contribution >= 0.6 is 0 Å². The maximum absolute atomic E-state index is 13.2. The molecule has 13 nitrogen and oxygen atoms in total. The molecule has 0 radical (unpaired) electrons. The van der Waals surface area contributed by atoms with Crippen molar-refractivity contribution in [3.63, 3.8) is 0 Å². The van der Waals surface area contributed by atoms with Gasteiger partial charge in [-0.3, -0.25) is 14.9 Å². The molecule has 0 spiro atoms. The topological polar surface area (TPSA) is 147 Å². The quantitative estimate of drug-likeness (QED) is 0.221. The number of nitrogens with zero attached hydrogens (tertiary/aromatic N) is 3. The third-order valence-electron chi connectivity index (χ3n) is 5.53. The van der Waals surface area contributed by atoms with Gasteiger partial charge in [0, 0.05) is 17.9 Å². The van der Waals surface area contributed by atoms with E-state index in [1.165, 1.54) is 12.1 Å². The molecule has 2 aliphatic rings. The number of nitro benzene ring substituents is 1. The lowest BCUT2D eigenvalue weighted by atomic mass is 9.91. The first-order valence-corrected chi connectivity index (χ1v) is 11.7. The fourth-order valence-electron chi connectivity index (χ4n) is 4.14. The molecule has 2 atom stereocenters. The molecule has 198 valence electrons. The molecule has 2 amide bonds. The Morgan fingerprint density at radius 3 is 2.28 bits per heavy atom. The van der Waals surface area contributed by atoms with Crippen molar-refractivity contribution in [3.05, 3.63) is 27.8 Å². The van der Waals surface area contributed by atoms with Crippen molar-refractivity contribution in [2.45, 2.75) is 65.7 Å². The maximum atomic E-state index is 13.2. The summed E-state index contributed by atoms with van der Waals surface area (Å²) in [4.78, 5) is 49.8. The van der Waals surface area contributed by atoms with Crippen LogP contribution in [0.5, 0.6) is 11.5 Å². The maximum Gasteiger partial charge on any atom is 0.429 e. The minimum absolute atomic E-state index is 0.0550. The van der Waals surface area contributed by atoms with Crippen LogP contribution in [0.25, 0.3) is 0 Å². The summed E-state index contributed by atoms with van der Waals surface area (Å²) in [5.74, 6) is -0.585. The Hall–Kier alpha value is -3.77. The molecule has 1 aromatic rings. The van der Waals surface area contributed by atoms with Gasteiger partial charge in [-0.1, -0.05) is 0 Å². The molecule has 0 N–H and O–H groups in total. The molecule has 1 fully saturated rings. The number of nitro groups is 1. The third kappa shape index (κ3) is 6.07. The highest BCUT2D eigenvalue weighted by Crippen LogP contribution is 2.40. The van der Waals surface area contributed by atoms with Gasteiger partial charge < -0.3 is 23.7 Å². The van der Waals surface area contributed by atoms with E-state index in [9.17, 15) is 24.5 Å². The minimum Gasteiger partial charge on any atom is -0.466 e. The largest absolute Gasteiger partial charge is 0.466 e. The number of hydrazine groups is 1. The van der Waals surface area contributed by atoms with Crippen molar-refractivity contribution in [3.8, 4) is 11.5 Å². The van der Waals surface area contributed by atoms with Gasteiger partial charge >= 0.3 is 18.2 Å². The van der Waals surface area contributed by atoms with E-state index in [0.29, 0.717) is 5.75 Å². The Morgan fingerprint density at radius 2 is 1.69 bits per heavy atom. The summed E-state index contributed by atoms with van der Waals surface area (Å²) >= 11 is 0. The first kappa shape index (κ1) is 26.8. The number of ether oxygens (including phenoxy) is 5. The minimum atomic E-state index is -0.862. The van der Waals surface area contributed by atoms with Gasteiger partial charge in [-0.05, 0) is 40.7 Å². The van der Waals surface area contributed by atoms with Crippen molar-refractivity contribution in [2.75, 3.05) is 19.9 Å². The molecule has 3 rings (SSSR count). The van der Waals surface area contributed by atoms with E-state index in [0.717, 1.165) is 10.0 Å². The Morgan fingerprint density at radius 1 is 1.08 bits per heavy atom. The van der Waals surface area contributed by atoms with Crippen LogP contribution in [0.15, 0.2) is 12.1 Å². The standard InChI is InChI=1S/C23H31N3O10/c1-6-32-21(27)9-16-11-24(22(28)35-13(2)3)25(23(29)36-14(4)5)17(16)7-15-8-19-20(34-12-33-19)10-18(15)26(30)31/h8,10,13-14,16-17H,6-7,9,11-12H2,1-5H3/t16-,17+/m0/s1. The zero-order valence-corrected chi connectivity index (χ0v) is 20.9. The highest BCUT2D eigenvalue weighted by Gasteiger charge is 2.48. The monoisotopic (exact) mass is 509 g/mol. The smallest absolute Gasteiger partial charge is 0.429 e. The Kier molecular flexibility index (Phi) is 8.43. The lowest BCUT2D eigenvalue weighted by Crippen LogP contribution is -2.50. The van der Waals surface area contributed by atoms with Crippen molar-refractivity contribution in [2.24, 2.45) is 5.92 Å². The number of hydrogen-bond donors (Lipinski definition) is 0. The predicted molar refractivity (Wildman–Crippen MR) is 123 cm³/mol. The van der Waals surface area contributed by atoms with E-state index in [1.807, 2.05) is 0 Å². The second kappa shape index (κ2) is 11.3. The highest BCUT2D eigenvalue weighted by molar-refractivity contribution is 5.76. The Labute approximate surface area is 208 Å². The zero-order chi connectivity index (χ0) is 26.6. The van der Waals surface area contributed by atoms with Crippen molar-refractivity contribution in [1.82, 2.24) is 10.0 Å². The molecule has 2 aliphatic heterocycles. The summed E-state index contributed by atoms with van der Waals surface area (Å²) in [5, 5.41) is 14.0. The second-order valence-corrected chi connectivity index (χ2v) is 8.92. The summed E-state index contributed by atoms with van der Waals surface area (Å²) in [7, 11) is 0. The first-order valence-electron chi connectivity index (χ1n) is 11.7. The normalized spacial score (nSPS) is 18.5. The van der Waals surface area contributed by atoms with E-state index < -0.39 is 47.2 Å². The first-order chi connectivity index (χ1) is 17.0. The molecule has 36 heavy (non-hydrogen) atoms. The molecule has 0 unspecified atom stereocenters. The highest BCUT2D eigenvalue weighted by atomic mass is 16.7. The van der Waals surface area contributed by atoms with E-state index in [-0.39, 0.29) is 49.8 Å². The lowest BCUT2D eigenvalue weighted by molar-refractivity contribution is -0.385. The SMILES string of the molecule is CCOC(=O)C[C@H]1CN(C(=O)OC(C)C)N(C(=O)OC(C)C)[C@@H]1Cc1cc2c(cc1[N+](=O)[O-])OCO2. The van der Waals surface area contributed by atoms with E-state index in [4.69, 9.17) is 23.7 Å². The summed E-state index contributed by atoms with van der Waals surface area (Å²) in [6.07, 6.45) is -2.83. The summed E-state index contributed by atoms with van der Waals surface area (Å²) in [6.45, 7) is 8.31. The molecule has 0 aromatic heterocycles. The molecule has 1 aromatic carbocycles. The lowest BCUT2D eigenvalue weighted by Gasteiger charge is -2.32. The number of amides is 2. The Balaban J connectivity index is 2.04. The summed E-state index contributed by atoms with van der Waals surface area (Å²) in [5.41, 5.74) is -0.000878. The van der Waals surface area contributed by atoms with Crippen LogP contribution in [-0.4, -0.2) is 71.3 Å². The Bertz CT molecular complexity index is 1010. The van der Waals surface area contributed by atoms with Gasteiger partial charge in [0.05, 0.1) is 48.8 Å². The third-order valence-corrected chi connectivity index (χ3v) is 5.53. The molecule has 2 heterocycles. The van der Waals surface area contributed by atoms with Gasteiger partial charge in [-0.25, -0.2) is 19.6 Å². The molecular weight excluding hydrogens is 478 g/mol. The van der Waals surface area contributed by atoms with Crippen LogP contribution in [0, 0.1) is 16.0 Å². The van der Waals surface area contributed by atoms with Crippen molar-refractivity contribution in [1.29, 1.82) is 0 Å². The number of carbonyl (C=O) groups excluding carboxylic acids is 3. The van der Waals surface area contributed by atoms with E-state index in [1.54, 1.807) is 34.6 Å². The number of carbonyl (C=O) groups is 3. The fourth-order valence-corrected chi connectivity index (χ4v) is 4.14. The van der Waals surface area contributed by atoms with Crippen LogP contribution in [0.4, 0.5) is 15.3 Å². The predicted octanol–water partition coefficient (Wildman–Crippen LogP) is 3.43. The number of rotatable bonds is 8. The fraction of sp³-hybridized carbons (Fsp3) is 0.609. The summed E-state index contributed by atoms with van der Waals surface area (Å²) < 4.78 is 26.4. The molecule has 1 saturated heterocycles. The number of esters is 1. The van der Waals surface area contributed by atoms with E-state index in [2.05, 4.69) is 0 Å². The van der Waals surface area contributed by atoms with Gasteiger partial charge in [-0.2, -0.15) is 0 Å². The second-order valence-electron chi connectivity index (χ2n) is 8.92. The molecule has 0 saturated carbocycles. The van der Waals surface area contributed by atoms with Gasteiger partial charge in [0.2, 0.25) is 6.79 Å². The van der Waals surface area contributed by atoms with E-state index >= 15 is 0 Å². The average molecular weight is 510 g/mol. The molecular formula is C23H31N3O10. The van der Waals surface area contributed by atoms with Crippen LogP contribution in [0.2, 0.25) is 0 Å². The van der Waals surface area contributed by atoms with Gasteiger partial charge in [0.25, 0.3) is 5.69 Å². The average Bonchev–Trinajstić information content (AvgIpc) is 3.36. The summed E-state index contributed by atoms with van der Waals surface area (Å²) in [6, 6.07) is 1.87. The van der Waals surface area contributed by atoms with Crippen molar-refractivity contribution < 1.29 is 43.0 Å². The molecule has 0 aliphatic carbocycles. The number of hydrogen-bond acceptors (Lipinski definition) is 10. The van der Waals surface area contributed by atoms with Crippen LogP contribution in [0.1, 0.15) is 46.6 Å². The van der Waals surface area contributed by atoms with Gasteiger partial charge in [0.1, 0.15) is 0 Å². The number of benzene rings is 1. The molecule has 13 heteroatoms. The van der Waals surface area contributed by atoms with Crippen molar-refractivity contribution >= 4 is 23.8 Å². The van der Waals surface area contributed by atoms with Gasteiger partial charge in [0.15, 0.2) is 11.5 Å². The van der Waals surface area contributed by atoms with Crippen LogP contribution in [-0.2, 0) is 25.4 Å². The van der Waals surface area contributed by atoms with Crippen LogP contribution < -0.4 is 9.47 Å². The number of fused-ring (bicyclic) bond motifs is 1. The zero-order valence-electron chi connectivity index (χ0n) is 20.9.